The molecule has 3 heterocycles. The highest BCUT2D eigenvalue weighted by Crippen LogP contribution is 2.34. The minimum Gasteiger partial charge on any atom is -0.492 e. The number of H-pyrrole nitrogens is 1. The molecule has 5 nitrogen and oxygen atoms in total. The molecule has 0 aliphatic heterocycles. The first-order chi connectivity index (χ1) is 8.90. The second-order valence-corrected chi connectivity index (χ2v) is 3.80. The average Bonchev–Trinajstić information content (AvgIpc) is 2.88. The maximum Gasteiger partial charge on any atom is 0.147 e. The topological polar surface area (TPSA) is 63.7 Å². The number of aromatic nitrogens is 4. The fourth-order valence-corrected chi connectivity index (χ4v) is 1.94. The Morgan fingerprint density at radius 3 is 3.00 bits per heavy atom. The van der Waals surface area contributed by atoms with Crippen LogP contribution in [0.3, 0.4) is 0 Å². The SMILES string of the molecule is CCOc1cnc2cn[nH]c2c1-c1cccnc1. The van der Waals surface area contributed by atoms with Crippen molar-refractivity contribution in [3.63, 3.8) is 0 Å². The number of hydrogen-bond donors (Lipinski definition) is 1. The summed E-state index contributed by atoms with van der Waals surface area (Å²) in [6, 6.07) is 3.89. The van der Waals surface area contributed by atoms with Crippen molar-refractivity contribution in [2.75, 3.05) is 6.61 Å². The van der Waals surface area contributed by atoms with Crippen LogP contribution < -0.4 is 4.74 Å². The Balaban J connectivity index is 2.29. The molecule has 0 saturated heterocycles. The molecule has 90 valence electrons. The molecule has 0 bridgehead atoms. The third-order valence-electron chi connectivity index (χ3n) is 2.69. The van der Waals surface area contributed by atoms with Gasteiger partial charge in [0.15, 0.2) is 0 Å². The van der Waals surface area contributed by atoms with E-state index in [2.05, 4.69) is 20.2 Å². The summed E-state index contributed by atoms with van der Waals surface area (Å²) < 4.78 is 5.63. The molecule has 1 N–H and O–H groups in total. The van der Waals surface area contributed by atoms with E-state index in [9.17, 15) is 0 Å². The molecule has 0 unspecified atom stereocenters. The summed E-state index contributed by atoms with van der Waals surface area (Å²) in [5.74, 6) is 0.738. The van der Waals surface area contributed by atoms with E-state index < -0.39 is 0 Å². The van der Waals surface area contributed by atoms with Gasteiger partial charge < -0.3 is 4.74 Å². The van der Waals surface area contributed by atoms with E-state index in [0.29, 0.717) is 6.61 Å². The van der Waals surface area contributed by atoms with Crippen LogP contribution in [0.1, 0.15) is 6.92 Å². The van der Waals surface area contributed by atoms with E-state index in [-0.39, 0.29) is 0 Å². The van der Waals surface area contributed by atoms with Gasteiger partial charge in [-0.3, -0.25) is 10.1 Å². The first-order valence-electron chi connectivity index (χ1n) is 5.75. The third-order valence-corrected chi connectivity index (χ3v) is 2.69. The molecule has 3 rings (SSSR count). The minimum atomic E-state index is 0.592. The van der Waals surface area contributed by atoms with Crippen LogP contribution in [0.2, 0.25) is 0 Å². The zero-order valence-corrected chi connectivity index (χ0v) is 9.92. The highest BCUT2D eigenvalue weighted by atomic mass is 16.5. The van der Waals surface area contributed by atoms with Crippen LogP contribution in [0.4, 0.5) is 0 Å². The summed E-state index contributed by atoms with van der Waals surface area (Å²) in [6.45, 7) is 2.54. The van der Waals surface area contributed by atoms with Crippen LogP contribution >= 0.6 is 0 Å². The molecule has 0 aliphatic carbocycles. The number of aromatic amines is 1. The van der Waals surface area contributed by atoms with E-state index >= 15 is 0 Å². The largest absolute Gasteiger partial charge is 0.492 e. The van der Waals surface area contributed by atoms with Gasteiger partial charge in [0.2, 0.25) is 0 Å². The van der Waals surface area contributed by atoms with Gasteiger partial charge in [-0.2, -0.15) is 5.10 Å². The summed E-state index contributed by atoms with van der Waals surface area (Å²) >= 11 is 0. The van der Waals surface area contributed by atoms with E-state index in [1.165, 1.54) is 0 Å². The number of ether oxygens (including phenoxy) is 1. The Hall–Kier alpha value is -2.43. The lowest BCUT2D eigenvalue weighted by Gasteiger charge is -2.10. The van der Waals surface area contributed by atoms with Gasteiger partial charge in [0, 0.05) is 18.0 Å². The lowest BCUT2D eigenvalue weighted by molar-refractivity contribution is 0.341. The molecule has 0 radical (unpaired) electrons. The molecule has 3 aromatic heterocycles. The smallest absolute Gasteiger partial charge is 0.147 e. The van der Waals surface area contributed by atoms with Crippen molar-refractivity contribution in [2.45, 2.75) is 6.92 Å². The van der Waals surface area contributed by atoms with Crippen LogP contribution in [0, 0.1) is 0 Å². The second kappa shape index (κ2) is 4.44. The highest BCUT2D eigenvalue weighted by Gasteiger charge is 2.13. The van der Waals surface area contributed by atoms with Crippen molar-refractivity contribution in [1.82, 2.24) is 20.2 Å². The summed E-state index contributed by atoms with van der Waals surface area (Å²) in [5.41, 5.74) is 3.62. The zero-order chi connectivity index (χ0) is 12.4. The summed E-state index contributed by atoms with van der Waals surface area (Å²) in [7, 11) is 0. The highest BCUT2D eigenvalue weighted by molar-refractivity contribution is 5.94. The van der Waals surface area contributed by atoms with Gasteiger partial charge in [0.1, 0.15) is 11.3 Å². The zero-order valence-electron chi connectivity index (χ0n) is 9.92. The molecule has 18 heavy (non-hydrogen) atoms. The first-order valence-corrected chi connectivity index (χ1v) is 5.75. The van der Waals surface area contributed by atoms with Crippen LogP contribution in [-0.2, 0) is 0 Å². The predicted molar refractivity (Wildman–Crippen MR) is 68.3 cm³/mol. The van der Waals surface area contributed by atoms with Gasteiger partial charge in [-0.1, -0.05) is 6.07 Å². The minimum absolute atomic E-state index is 0.592. The molecule has 0 fully saturated rings. The van der Waals surface area contributed by atoms with Crippen LogP contribution in [0.25, 0.3) is 22.2 Å². The second-order valence-electron chi connectivity index (χ2n) is 3.80. The van der Waals surface area contributed by atoms with Crippen molar-refractivity contribution in [3.8, 4) is 16.9 Å². The third kappa shape index (κ3) is 1.69. The molecule has 0 amide bonds. The Morgan fingerprint density at radius 1 is 1.28 bits per heavy atom. The van der Waals surface area contributed by atoms with Gasteiger partial charge in [0.25, 0.3) is 0 Å². The summed E-state index contributed by atoms with van der Waals surface area (Å²) in [5, 5.41) is 6.99. The van der Waals surface area contributed by atoms with Gasteiger partial charge in [-0.25, -0.2) is 4.98 Å². The van der Waals surface area contributed by atoms with Crippen molar-refractivity contribution >= 4 is 11.0 Å². The number of hydrogen-bond acceptors (Lipinski definition) is 4. The van der Waals surface area contributed by atoms with Crippen molar-refractivity contribution in [2.24, 2.45) is 0 Å². The number of nitrogens with one attached hydrogen (secondary N) is 1. The molecular weight excluding hydrogens is 228 g/mol. The van der Waals surface area contributed by atoms with Crippen LogP contribution in [-0.4, -0.2) is 26.8 Å². The number of rotatable bonds is 3. The Kier molecular flexibility index (Phi) is 2.64. The summed E-state index contributed by atoms with van der Waals surface area (Å²) in [4.78, 5) is 8.45. The summed E-state index contributed by atoms with van der Waals surface area (Å²) in [6.07, 6.45) is 6.97. The fraction of sp³-hybridized carbons (Fsp3) is 0.154. The number of pyridine rings is 2. The van der Waals surface area contributed by atoms with Gasteiger partial charge in [-0.15, -0.1) is 0 Å². The molecule has 0 atom stereocenters. The quantitative estimate of drug-likeness (QED) is 0.763. The Labute approximate surface area is 104 Å². The lowest BCUT2D eigenvalue weighted by Crippen LogP contribution is -1.96. The molecule has 3 aromatic rings. The molecule has 0 aliphatic rings. The lowest BCUT2D eigenvalue weighted by atomic mass is 10.1. The Morgan fingerprint density at radius 2 is 2.22 bits per heavy atom. The maximum atomic E-state index is 5.63. The van der Waals surface area contributed by atoms with Gasteiger partial charge >= 0.3 is 0 Å². The molecule has 0 aromatic carbocycles. The predicted octanol–water partition coefficient (Wildman–Crippen LogP) is 2.42. The molecule has 0 spiro atoms. The normalized spacial score (nSPS) is 10.7. The number of fused-ring (bicyclic) bond motifs is 1. The monoisotopic (exact) mass is 240 g/mol. The van der Waals surface area contributed by atoms with Crippen molar-refractivity contribution in [1.29, 1.82) is 0 Å². The van der Waals surface area contributed by atoms with Crippen molar-refractivity contribution < 1.29 is 4.74 Å². The van der Waals surface area contributed by atoms with Crippen LogP contribution in [0.5, 0.6) is 5.75 Å². The maximum absolute atomic E-state index is 5.63. The first kappa shape index (κ1) is 10.7. The van der Waals surface area contributed by atoms with Crippen molar-refractivity contribution in [3.05, 3.63) is 36.9 Å². The van der Waals surface area contributed by atoms with E-state index in [4.69, 9.17) is 4.74 Å². The van der Waals surface area contributed by atoms with E-state index in [1.807, 2.05) is 19.1 Å². The Bertz CT molecular complexity index is 663. The molecule has 0 saturated carbocycles. The standard InChI is InChI=1S/C13H12N4O/c1-2-18-11-8-15-10-7-16-17-13(10)12(11)9-4-3-5-14-6-9/h3-8H,2H2,1H3,(H,16,17). The average molecular weight is 240 g/mol. The van der Waals surface area contributed by atoms with E-state index in [1.54, 1.807) is 24.8 Å². The van der Waals surface area contributed by atoms with E-state index in [0.717, 1.165) is 27.9 Å². The number of nitrogens with zero attached hydrogens (tertiary/aromatic N) is 3. The van der Waals surface area contributed by atoms with Crippen LogP contribution in [0.15, 0.2) is 36.9 Å². The van der Waals surface area contributed by atoms with Gasteiger partial charge in [-0.05, 0) is 13.0 Å². The van der Waals surface area contributed by atoms with Gasteiger partial charge in [0.05, 0.1) is 30.1 Å². The molecular formula is C13H12N4O. The fourth-order valence-electron chi connectivity index (χ4n) is 1.94. The molecule has 5 heteroatoms.